The first-order chi connectivity index (χ1) is 7.62. The number of benzene rings is 1. The molecule has 0 aliphatic heterocycles. The summed E-state index contributed by atoms with van der Waals surface area (Å²) < 4.78 is 58.2. The quantitative estimate of drug-likeness (QED) is 0.485. The van der Waals surface area contributed by atoms with Gasteiger partial charge in [-0.3, -0.25) is 10.1 Å². The van der Waals surface area contributed by atoms with Gasteiger partial charge in [-0.15, -0.1) is 0 Å². The first-order valence-electron chi connectivity index (χ1n) is 3.89. The van der Waals surface area contributed by atoms with Gasteiger partial charge in [-0.2, -0.15) is 13.2 Å². The molecule has 0 unspecified atom stereocenters. The van der Waals surface area contributed by atoms with Gasteiger partial charge in [0, 0.05) is 12.1 Å². The van der Waals surface area contributed by atoms with Crippen LogP contribution in [0.2, 0.25) is 0 Å². The molecule has 0 bridgehead atoms. The zero-order valence-corrected chi connectivity index (χ0v) is 9.47. The normalized spacial score (nSPS) is 12.4. The van der Waals surface area contributed by atoms with E-state index in [9.17, 15) is 31.7 Å². The van der Waals surface area contributed by atoms with Crippen LogP contribution in [0.5, 0.6) is 0 Å². The highest BCUT2D eigenvalue weighted by atomic mass is 33.1. The van der Waals surface area contributed by atoms with E-state index in [0.717, 1.165) is 24.3 Å². The third-order valence-corrected chi connectivity index (χ3v) is 4.60. The van der Waals surface area contributed by atoms with Gasteiger partial charge in [-0.25, -0.2) is 8.42 Å². The van der Waals surface area contributed by atoms with Crippen molar-refractivity contribution in [1.82, 2.24) is 0 Å². The molecule has 0 N–H and O–H groups in total. The van der Waals surface area contributed by atoms with Gasteiger partial charge in [0.1, 0.15) is 0 Å². The van der Waals surface area contributed by atoms with Gasteiger partial charge in [0.25, 0.3) is 5.69 Å². The second-order valence-electron chi connectivity index (χ2n) is 2.73. The van der Waals surface area contributed by atoms with E-state index < -0.39 is 40.7 Å². The minimum absolute atomic E-state index is 0.402. The molecule has 1 aromatic rings. The number of nitro groups is 1. The lowest BCUT2D eigenvalue weighted by molar-refractivity contribution is -0.384. The molecule has 0 aliphatic carbocycles. The number of hydrogen-bond acceptors (Lipinski definition) is 5. The molecule has 0 saturated carbocycles. The van der Waals surface area contributed by atoms with Crippen LogP contribution in [0.15, 0.2) is 29.2 Å². The summed E-state index contributed by atoms with van der Waals surface area (Å²) in [6, 6.07) is 3.16. The highest BCUT2D eigenvalue weighted by molar-refractivity contribution is 8.72. The average molecular weight is 287 g/mol. The Kier molecular flexibility index (Phi) is 3.67. The molecule has 0 heterocycles. The maximum Gasteiger partial charge on any atom is 0.456 e. The van der Waals surface area contributed by atoms with Crippen LogP contribution in [0, 0.1) is 10.1 Å². The molecular weight excluding hydrogens is 283 g/mol. The Labute approximate surface area is 97.1 Å². The van der Waals surface area contributed by atoms with Crippen LogP contribution >= 0.6 is 10.8 Å². The van der Waals surface area contributed by atoms with Crippen LogP contribution in [0.25, 0.3) is 0 Å². The fourth-order valence-corrected chi connectivity index (χ4v) is 3.09. The monoisotopic (exact) mass is 287 g/mol. The highest BCUT2D eigenvalue weighted by Crippen LogP contribution is 2.38. The minimum Gasteiger partial charge on any atom is -0.258 e. The van der Waals surface area contributed by atoms with Crippen LogP contribution in [-0.2, 0) is 8.87 Å². The summed E-state index contributed by atoms with van der Waals surface area (Å²) in [5.41, 5.74) is -5.33. The summed E-state index contributed by atoms with van der Waals surface area (Å²) in [4.78, 5) is 8.84. The van der Waals surface area contributed by atoms with Crippen molar-refractivity contribution in [3.8, 4) is 0 Å². The average Bonchev–Trinajstić information content (AvgIpc) is 2.14. The predicted octanol–water partition coefficient (Wildman–Crippen LogP) is 2.54. The lowest BCUT2D eigenvalue weighted by Gasteiger charge is -2.05. The van der Waals surface area contributed by atoms with E-state index in [0.29, 0.717) is 0 Å². The molecule has 1 rings (SSSR count). The Morgan fingerprint density at radius 3 is 2.00 bits per heavy atom. The molecule has 0 saturated heterocycles. The van der Waals surface area contributed by atoms with Crippen LogP contribution in [0.4, 0.5) is 18.9 Å². The third kappa shape index (κ3) is 3.89. The van der Waals surface area contributed by atoms with E-state index in [-0.39, 0.29) is 0 Å². The number of nitrogens with zero attached hydrogens (tertiary/aromatic N) is 1. The Morgan fingerprint density at radius 1 is 1.18 bits per heavy atom. The Morgan fingerprint density at radius 2 is 1.65 bits per heavy atom. The second kappa shape index (κ2) is 4.53. The van der Waals surface area contributed by atoms with Crippen LogP contribution in [-0.4, -0.2) is 18.8 Å². The van der Waals surface area contributed by atoms with Crippen molar-refractivity contribution in [1.29, 1.82) is 0 Å². The van der Waals surface area contributed by atoms with Gasteiger partial charge >= 0.3 is 5.51 Å². The summed E-state index contributed by atoms with van der Waals surface area (Å²) >= 11 is 0. The van der Waals surface area contributed by atoms with Crippen molar-refractivity contribution in [2.75, 3.05) is 0 Å². The largest absolute Gasteiger partial charge is 0.456 e. The molecule has 0 spiro atoms. The van der Waals surface area contributed by atoms with E-state index in [2.05, 4.69) is 0 Å². The molecule has 0 amide bonds. The van der Waals surface area contributed by atoms with Gasteiger partial charge in [0.05, 0.1) is 20.6 Å². The van der Waals surface area contributed by atoms with Crippen molar-refractivity contribution in [2.45, 2.75) is 10.4 Å². The van der Waals surface area contributed by atoms with E-state index in [1.165, 1.54) is 0 Å². The molecule has 10 heteroatoms. The Hall–Kier alpha value is -1.29. The number of non-ortho nitro benzene ring substituents is 1. The van der Waals surface area contributed by atoms with Crippen molar-refractivity contribution in [3.05, 3.63) is 34.4 Å². The van der Waals surface area contributed by atoms with Gasteiger partial charge in [-0.05, 0) is 12.1 Å². The zero-order valence-electron chi connectivity index (χ0n) is 7.84. The van der Waals surface area contributed by atoms with Gasteiger partial charge < -0.3 is 0 Å². The molecule has 0 aromatic heterocycles. The Balaban J connectivity index is 3.05. The number of rotatable bonds is 3. The molecule has 1 aromatic carbocycles. The van der Waals surface area contributed by atoms with Crippen molar-refractivity contribution < 1.29 is 26.5 Å². The first-order valence-corrected chi connectivity index (χ1v) is 6.70. The fraction of sp³-hybridized carbons (Fsp3) is 0.143. The second-order valence-corrected chi connectivity index (χ2v) is 6.56. The molecule has 94 valence electrons. The van der Waals surface area contributed by atoms with E-state index >= 15 is 0 Å². The summed E-state index contributed by atoms with van der Waals surface area (Å²) in [5.74, 6) is 0. The number of halogens is 3. The maximum atomic E-state index is 11.9. The van der Waals surface area contributed by atoms with E-state index in [4.69, 9.17) is 0 Å². The minimum atomic E-state index is -4.93. The standard InChI is InChI=1S/C7H4F3NO4S2/c8-7(9,10)16-17(14,15)6-3-1-5(2-4-6)11(12)13/h1-4H. The van der Waals surface area contributed by atoms with E-state index in [1.54, 1.807) is 0 Å². The molecule has 17 heavy (non-hydrogen) atoms. The van der Waals surface area contributed by atoms with Gasteiger partial charge in [0.2, 0.25) is 8.87 Å². The molecular formula is C7H4F3NO4S2. The van der Waals surface area contributed by atoms with Gasteiger partial charge in [-0.1, -0.05) is 0 Å². The Bertz CT molecular complexity index is 523. The molecule has 5 nitrogen and oxygen atoms in total. The number of nitro benzene ring substituents is 1. The number of hydrogen-bond donors (Lipinski definition) is 0. The van der Waals surface area contributed by atoms with E-state index in [1.807, 2.05) is 0 Å². The fourth-order valence-electron chi connectivity index (χ4n) is 0.907. The smallest absolute Gasteiger partial charge is 0.258 e. The summed E-state index contributed by atoms with van der Waals surface area (Å²) in [6.45, 7) is 0. The lowest BCUT2D eigenvalue weighted by atomic mass is 10.3. The predicted molar refractivity (Wildman–Crippen MR) is 53.9 cm³/mol. The van der Waals surface area contributed by atoms with Crippen molar-refractivity contribution in [3.63, 3.8) is 0 Å². The highest BCUT2D eigenvalue weighted by Gasteiger charge is 2.37. The number of alkyl halides is 3. The SMILES string of the molecule is O=[N+]([O-])c1ccc(S(=O)(=O)SC(F)(F)F)cc1. The third-order valence-electron chi connectivity index (χ3n) is 1.54. The summed E-state index contributed by atoms with van der Waals surface area (Å²) in [7, 11) is -5.76. The molecule has 0 aliphatic rings. The van der Waals surface area contributed by atoms with Crippen LogP contribution in [0.1, 0.15) is 0 Å². The van der Waals surface area contributed by atoms with Gasteiger partial charge in [0.15, 0.2) is 0 Å². The van der Waals surface area contributed by atoms with Crippen LogP contribution < -0.4 is 0 Å². The van der Waals surface area contributed by atoms with Crippen molar-refractivity contribution >= 4 is 25.4 Å². The summed E-state index contributed by atoms with van der Waals surface area (Å²) in [6.07, 6.45) is 0. The maximum absolute atomic E-state index is 11.9. The lowest BCUT2D eigenvalue weighted by Crippen LogP contribution is -2.07. The topological polar surface area (TPSA) is 77.3 Å². The molecule has 0 radical (unpaired) electrons. The summed E-state index contributed by atoms with van der Waals surface area (Å²) in [5, 5.41) is 10.3. The van der Waals surface area contributed by atoms with Crippen molar-refractivity contribution in [2.24, 2.45) is 0 Å². The first kappa shape index (κ1) is 13.8. The molecule has 0 fully saturated rings. The van der Waals surface area contributed by atoms with Crippen LogP contribution in [0.3, 0.4) is 0 Å². The molecule has 0 atom stereocenters. The zero-order chi connectivity index (χ0) is 13.3.